The smallest absolute Gasteiger partial charge is 0.335 e. The first kappa shape index (κ1) is 18.5. The number of piperidine rings is 1. The molecular weight excluding hydrogens is 320 g/mol. The number of carbonyl (C=O) groups excluding carboxylic acids is 1. The molecule has 0 spiro atoms. The predicted molar refractivity (Wildman–Crippen MR) is 94.0 cm³/mol. The van der Waals surface area contributed by atoms with Gasteiger partial charge in [0.25, 0.3) is 5.91 Å². The zero-order valence-electron chi connectivity index (χ0n) is 14.4. The van der Waals surface area contributed by atoms with Crippen LogP contribution in [0.4, 0.5) is 5.69 Å². The van der Waals surface area contributed by atoms with E-state index in [4.69, 9.17) is 5.11 Å². The van der Waals surface area contributed by atoms with Gasteiger partial charge < -0.3 is 20.2 Å². The molecular formula is C18H22N4O3. The van der Waals surface area contributed by atoms with Gasteiger partial charge in [0.2, 0.25) is 0 Å². The molecule has 132 valence electrons. The van der Waals surface area contributed by atoms with Crippen LogP contribution in [0.15, 0.2) is 36.0 Å². The molecule has 1 fully saturated rings. The molecule has 0 radical (unpaired) electrons. The van der Waals surface area contributed by atoms with Crippen LogP contribution in [-0.4, -0.2) is 60.0 Å². The van der Waals surface area contributed by atoms with Crippen LogP contribution >= 0.6 is 0 Å². The van der Waals surface area contributed by atoms with Crippen LogP contribution in [0.25, 0.3) is 0 Å². The number of nitrogens with zero attached hydrogens (tertiary/aromatic N) is 3. The summed E-state index contributed by atoms with van der Waals surface area (Å²) in [4.78, 5) is 27.3. The Bertz CT molecular complexity index is 698. The summed E-state index contributed by atoms with van der Waals surface area (Å²) in [7, 11) is 3.96. The molecule has 1 aromatic rings. The molecule has 1 aliphatic heterocycles. The zero-order chi connectivity index (χ0) is 18.4. The van der Waals surface area contributed by atoms with Crippen molar-refractivity contribution in [3.63, 3.8) is 0 Å². The molecule has 7 heteroatoms. The Balaban J connectivity index is 2.02. The normalized spacial score (nSPS) is 16.1. The largest absolute Gasteiger partial charge is 0.478 e. The van der Waals surface area contributed by atoms with E-state index in [2.05, 4.69) is 17.3 Å². The Hall–Kier alpha value is -2.85. The highest BCUT2D eigenvalue weighted by molar-refractivity contribution is 6.06. The van der Waals surface area contributed by atoms with Gasteiger partial charge in [-0.1, -0.05) is 0 Å². The van der Waals surface area contributed by atoms with Crippen molar-refractivity contribution in [3.8, 4) is 6.07 Å². The van der Waals surface area contributed by atoms with Gasteiger partial charge in [0.05, 0.1) is 5.56 Å². The molecule has 0 aliphatic carbocycles. The summed E-state index contributed by atoms with van der Waals surface area (Å²) in [6, 6.07) is 8.04. The SMILES string of the molecule is CN1CCC(N(C)/C=C(/C#N)C(=O)Nc2ccc(C(=O)O)cc2)CC1. The topological polar surface area (TPSA) is 96.7 Å². The maximum atomic E-state index is 12.3. The molecule has 2 N–H and O–H groups in total. The van der Waals surface area contributed by atoms with Gasteiger partial charge in [-0.25, -0.2) is 4.79 Å². The number of nitriles is 1. The molecule has 0 bridgehead atoms. The first-order valence-electron chi connectivity index (χ1n) is 8.08. The van der Waals surface area contributed by atoms with Gasteiger partial charge >= 0.3 is 5.97 Å². The fourth-order valence-electron chi connectivity index (χ4n) is 2.74. The van der Waals surface area contributed by atoms with E-state index >= 15 is 0 Å². The Morgan fingerprint density at radius 1 is 1.32 bits per heavy atom. The number of hydrogen-bond donors (Lipinski definition) is 2. The Labute approximate surface area is 147 Å². The number of rotatable bonds is 5. The average molecular weight is 342 g/mol. The number of amides is 1. The van der Waals surface area contributed by atoms with Gasteiger partial charge in [-0.15, -0.1) is 0 Å². The van der Waals surface area contributed by atoms with Gasteiger partial charge in [0, 0.05) is 25.0 Å². The third kappa shape index (κ3) is 5.06. The maximum absolute atomic E-state index is 12.3. The van der Waals surface area contributed by atoms with Crippen molar-refractivity contribution >= 4 is 17.6 Å². The number of nitrogens with one attached hydrogen (secondary N) is 1. The molecule has 1 aliphatic rings. The molecule has 0 aromatic heterocycles. The van der Waals surface area contributed by atoms with E-state index in [0.29, 0.717) is 11.7 Å². The Morgan fingerprint density at radius 2 is 1.92 bits per heavy atom. The first-order chi connectivity index (χ1) is 11.9. The lowest BCUT2D eigenvalue weighted by atomic mass is 10.0. The summed E-state index contributed by atoms with van der Waals surface area (Å²) in [6.45, 7) is 1.99. The minimum atomic E-state index is -1.03. The monoisotopic (exact) mass is 342 g/mol. The lowest BCUT2D eigenvalue weighted by molar-refractivity contribution is -0.112. The van der Waals surface area contributed by atoms with E-state index in [0.717, 1.165) is 25.9 Å². The minimum Gasteiger partial charge on any atom is -0.478 e. The second-order valence-electron chi connectivity index (χ2n) is 6.19. The Kier molecular flexibility index (Phi) is 6.14. The van der Waals surface area contributed by atoms with Crippen LogP contribution in [0.1, 0.15) is 23.2 Å². The molecule has 0 saturated carbocycles. The minimum absolute atomic E-state index is 0.0174. The summed E-state index contributed by atoms with van der Waals surface area (Å²) in [5.41, 5.74) is 0.595. The number of likely N-dealkylation sites (tertiary alicyclic amines) is 1. The number of carbonyl (C=O) groups is 2. The summed E-state index contributed by atoms with van der Waals surface area (Å²) in [5.74, 6) is -1.54. The van der Waals surface area contributed by atoms with E-state index in [-0.39, 0.29) is 11.1 Å². The second-order valence-corrected chi connectivity index (χ2v) is 6.19. The van der Waals surface area contributed by atoms with Gasteiger partial charge in [-0.2, -0.15) is 5.26 Å². The molecule has 25 heavy (non-hydrogen) atoms. The van der Waals surface area contributed by atoms with Crippen molar-refractivity contribution in [1.29, 1.82) is 5.26 Å². The van der Waals surface area contributed by atoms with E-state index in [1.165, 1.54) is 24.3 Å². The lowest BCUT2D eigenvalue weighted by Crippen LogP contribution is -2.40. The predicted octanol–water partition coefficient (Wildman–Crippen LogP) is 1.76. The van der Waals surface area contributed by atoms with Crippen LogP contribution in [0, 0.1) is 11.3 Å². The molecule has 1 heterocycles. The van der Waals surface area contributed by atoms with E-state index in [1.807, 2.05) is 18.0 Å². The second kappa shape index (κ2) is 8.31. The van der Waals surface area contributed by atoms with Crippen molar-refractivity contribution in [1.82, 2.24) is 9.80 Å². The van der Waals surface area contributed by atoms with E-state index in [1.54, 1.807) is 6.20 Å². The zero-order valence-corrected chi connectivity index (χ0v) is 14.4. The lowest BCUT2D eigenvalue weighted by Gasteiger charge is -2.34. The number of carboxylic acid groups (broad SMARTS) is 1. The van der Waals surface area contributed by atoms with E-state index < -0.39 is 11.9 Å². The quantitative estimate of drug-likeness (QED) is 0.625. The van der Waals surface area contributed by atoms with Crippen LogP contribution < -0.4 is 5.32 Å². The summed E-state index contributed by atoms with van der Waals surface area (Å²) >= 11 is 0. The fraction of sp³-hybridized carbons (Fsp3) is 0.389. The molecule has 0 atom stereocenters. The van der Waals surface area contributed by atoms with Gasteiger partial charge in [-0.05, 0) is 57.2 Å². The molecule has 7 nitrogen and oxygen atoms in total. The van der Waals surface area contributed by atoms with Gasteiger partial charge in [0.15, 0.2) is 0 Å². The van der Waals surface area contributed by atoms with Crippen molar-refractivity contribution in [2.24, 2.45) is 0 Å². The van der Waals surface area contributed by atoms with E-state index in [9.17, 15) is 14.9 Å². The molecule has 2 rings (SSSR count). The van der Waals surface area contributed by atoms with Crippen molar-refractivity contribution in [2.45, 2.75) is 18.9 Å². The van der Waals surface area contributed by atoms with Crippen LogP contribution in [0.5, 0.6) is 0 Å². The fourth-order valence-corrected chi connectivity index (χ4v) is 2.74. The molecule has 1 saturated heterocycles. The standard InChI is InChI=1S/C18H22N4O3/c1-21-9-7-16(8-10-21)22(2)12-14(11-19)17(23)20-15-5-3-13(4-6-15)18(24)25/h3-6,12,16H,7-10H2,1-2H3,(H,20,23)(H,24,25)/b14-12-. The van der Waals surface area contributed by atoms with Crippen LogP contribution in [0.3, 0.4) is 0 Å². The summed E-state index contributed by atoms with van der Waals surface area (Å²) in [5, 5.41) is 20.8. The summed E-state index contributed by atoms with van der Waals surface area (Å²) in [6.07, 6.45) is 3.55. The number of hydrogen-bond acceptors (Lipinski definition) is 5. The molecule has 1 aromatic carbocycles. The van der Waals surface area contributed by atoms with Crippen molar-refractivity contribution < 1.29 is 14.7 Å². The third-order valence-electron chi connectivity index (χ3n) is 4.35. The van der Waals surface area contributed by atoms with Gasteiger partial charge in [-0.3, -0.25) is 4.79 Å². The third-order valence-corrected chi connectivity index (χ3v) is 4.35. The van der Waals surface area contributed by atoms with Crippen LogP contribution in [-0.2, 0) is 4.79 Å². The number of carboxylic acids is 1. The molecule has 0 unspecified atom stereocenters. The van der Waals surface area contributed by atoms with Crippen molar-refractivity contribution in [2.75, 3.05) is 32.5 Å². The highest BCUT2D eigenvalue weighted by Gasteiger charge is 2.20. The molecule has 1 amide bonds. The number of aromatic carboxylic acids is 1. The Morgan fingerprint density at radius 3 is 2.44 bits per heavy atom. The van der Waals surface area contributed by atoms with Gasteiger partial charge in [0.1, 0.15) is 11.6 Å². The van der Waals surface area contributed by atoms with Crippen LogP contribution in [0.2, 0.25) is 0 Å². The summed E-state index contributed by atoms with van der Waals surface area (Å²) < 4.78 is 0. The first-order valence-corrected chi connectivity index (χ1v) is 8.08. The average Bonchev–Trinajstić information content (AvgIpc) is 2.60. The highest BCUT2D eigenvalue weighted by Crippen LogP contribution is 2.16. The number of anilines is 1. The highest BCUT2D eigenvalue weighted by atomic mass is 16.4. The van der Waals surface area contributed by atoms with Crippen molar-refractivity contribution in [3.05, 3.63) is 41.6 Å². The maximum Gasteiger partial charge on any atom is 0.335 e. The number of benzene rings is 1.